The highest BCUT2D eigenvalue weighted by molar-refractivity contribution is 5.95. The van der Waals surface area contributed by atoms with E-state index in [0.29, 0.717) is 42.5 Å². The van der Waals surface area contributed by atoms with Crippen molar-refractivity contribution in [1.29, 1.82) is 0 Å². The third-order valence-electron chi connectivity index (χ3n) is 7.92. The van der Waals surface area contributed by atoms with Crippen LogP contribution in [0.15, 0.2) is 65.8 Å². The molecule has 9 nitrogen and oxygen atoms in total. The van der Waals surface area contributed by atoms with Gasteiger partial charge in [-0.1, -0.05) is 30.3 Å². The maximum Gasteiger partial charge on any atom is 0.264 e. The van der Waals surface area contributed by atoms with E-state index in [9.17, 15) is 14.7 Å². The number of aliphatic hydroxyl groups is 1. The lowest BCUT2D eigenvalue weighted by molar-refractivity contribution is -0.0299. The molecule has 2 aromatic heterocycles. The van der Waals surface area contributed by atoms with Gasteiger partial charge in [0.05, 0.1) is 18.3 Å². The van der Waals surface area contributed by atoms with Crippen LogP contribution in [0.3, 0.4) is 0 Å². The monoisotopic (exact) mass is 512 g/mol. The van der Waals surface area contributed by atoms with Gasteiger partial charge in [0.2, 0.25) is 0 Å². The van der Waals surface area contributed by atoms with Crippen LogP contribution in [-0.4, -0.2) is 60.5 Å². The fourth-order valence-electron chi connectivity index (χ4n) is 5.74. The van der Waals surface area contributed by atoms with Gasteiger partial charge in [0.1, 0.15) is 11.7 Å². The topological polar surface area (TPSA) is 96.5 Å². The molecule has 4 heterocycles. The minimum Gasteiger partial charge on any atom is -0.388 e. The number of aromatic nitrogens is 4. The Labute approximate surface area is 220 Å². The summed E-state index contributed by atoms with van der Waals surface area (Å²) in [6.45, 7) is 2.87. The molecule has 0 saturated carbocycles. The molecule has 1 amide bonds. The highest BCUT2D eigenvalue weighted by atomic mass is 16.3. The number of piperidine rings is 1. The first-order valence-corrected chi connectivity index (χ1v) is 13.2. The highest BCUT2D eigenvalue weighted by Crippen LogP contribution is 2.31. The van der Waals surface area contributed by atoms with E-state index in [1.165, 1.54) is 33.9 Å². The molecule has 196 valence electrons. The average Bonchev–Trinajstić information content (AvgIpc) is 3.32. The van der Waals surface area contributed by atoms with Crippen molar-refractivity contribution < 1.29 is 9.90 Å². The van der Waals surface area contributed by atoms with Crippen molar-refractivity contribution in [2.75, 3.05) is 24.5 Å². The van der Waals surface area contributed by atoms with Crippen LogP contribution < -0.4 is 10.5 Å². The summed E-state index contributed by atoms with van der Waals surface area (Å²) in [6, 6.07) is 16.5. The summed E-state index contributed by atoms with van der Waals surface area (Å²) in [4.78, 5) is 34.8. The normalized spacial score (nSPS) is 17.0. The highest BCUT2D eigenvalue weighted by Gasteiger charge is 2.35. The van der Waals surface area contributed by atoms with Gasteiger partial charge in [-0.15, -0.1) is 0 Å². The van der Waals surface area contributed by atoms with Gasteiger partial charge >= 0.3 is 0 Å². The van der Waals surface area contributed by atoms with Gasteiger partial charge in [-0.25, -0.2) is 4.98 Å². The maximum atomic E-state index is 13.4. The molecule has 1 N–H and O–H groups in total. The number of hydrogen-bond acceptors (Lipinski definition) is 6. The molecule has 0 spiro atoms. The Balaban J connectivity index is 1.12. The second-order valence-corrected chi connectivity index (χ2v) is 10.6. The molecule has 0 radical (unpaired) electrons. The van der Waals surface area contributed by atoms with Crippen LogP contribution in [0.4, 0.5) is 5.69 Å². The maximum absolute atomic E-state index is 13.4. The number of carbonyl (C=O) groups excluding carboxylic acids is 1. The molecule has 6 rings (SSSR count). The Bertz CT molecular complexity index is 1540. The Hall–Kier alpha value is -3.98. The molecule has 9 heteroatoms. The van der Waals surface area contributed by atoms with Crippen molar-refractivity contribution in [1.82, 2.24) is 24.2 Å². The minimum atomic E-state index is -1.08. The summed E-state index contributed by atoms with van der Waals surface area (Å²) < 4.78 is 3.01. The average molecular weight is 513 g/mol. The van der Waals surface area contributed by atoms with E-state index in [2.05, 4.69) is 45.3 Å². The van der Waals surface area contributed by atoms with Crippen LogP contribution in [0.25, 0.3) is 11.0 Å². The van der Waals surface area contributed by atoms with Crippen LogP contribution >= 0.6 is 0 Å². The number of anilines is 1. The number of benzene rings is 2. The van der Waals surface area contributed by atoms with Crippen molar-refractivity contribution in [2.24, 2.45) is 7.05 Å². The van der Waals surface area contributed by atoms with Gasteiger partial charge in [-0.3, -0.25) is 18.8 Å². The van der Waals surface area contributed by atoms with Gasteiger partial charge in [-0.05, 0) is 55.0 Å². The first kappa shape index (κ1) is 24.4. The van der Waals surface area contributed by atoms with Crippen molar-refractivity contribution in [3.63, 3.8) is 0 Å². The standard InChI is InChI=1S/C29H32N6O3/c1-32-26-24(17-31-32)28(37)35(20-30-26)19-29(38)11-14-33(15-12-29)27(36)23-9-10-25-22(16-23)8-5-13-34(25)18-21-6-3-2-4-7-21/h2-4,6-7,9-10,16-17,20,38H,5,8,11-15,18-19H2,1H3. The summed E-state index contributed by atoms with van der Waals surface area (Å²) in [7, 11) is 1.74. The van der Waals surface area contributed by atoms with Crippen molar-refractivity contribution in [3.05, 3.63) is 88.1 Å². The van der Waals surface area contributed by atoms with E-state index < -0.39 is 5.60 Å². The number of amides is 1. The summed E-state index contributed by atoms with van der Waals surface area (Å²) in [6.07, 6.45) is 5.79. The molecule has 0 unspecified atom stereocenters. The molecular formula is C29H32N6O3. The molecule has 38 heavy (non-hydrogen) atoms. The lowest BCUT2D eigenvalue weighted by Crippen LogP contribution is -2.49. The quantitative estimate of drug-likeness (QED) is 0.442. The molecule has 0 aliphatic carbocycles. The molecule has 0 atom stereocenters. The van der Waals surface area contributed by atoms with Crippen molar-refractivity contribution >= 4 is 22.6 Å². The van der Waals surface area contributed by atoms with E-state index in [-0.39, 0.29) is 18.0 Å². The number of hydrogen-bond donors (Lipinski definition) is 1. The van der Waals surface area contributed by atoms with E-state index in [4.69, 9.17) is 0 Å². The van der Waals surface area contributed by atoms with E-state index in [1.54, 1.807) is 11.7 Å². The lowest BCUT2D eigenvalue weighted by Gasteiger charge is -2.38. The predicted molar refractivity (Wildman–Crippen MR) is 145 cm³/mol. The van der Waals surface area contributed by atoms with Gasteiger partial charge in [0, 0.05) is 44.5 Å². The van der Waals surface area contributed by atoms with Crippen LogP contribution in [0.2, 0.25) is 0 Å². The molecular weight excluding hydrogens is 480 g/mol. The predicted octanol–water partition coefficient (Wildman–Crippen LogP) is 2.75. The number of fused-ring (bicyclic) bond motifs is 2. The van der Waals surface area contributed by atoms with E-state index in [1.807, 2.05) is 23.1 Å². The summed E-state index contributed by atoms with van der Waals surface area (Å²) in [5.41, 5.74) is 3.61. The van der Waals surface area contributed by atoms with E-state index >= 15 is 0 Å². The number of aryl methyl sites for hydroxylation is 2. The fraction of sp³-hybridized carbons (Fsp3) is 0.379. The van der Waals surface area contributed by atoms with Gasteiger partial charge in [0.15, 0.2) is 5.65 Å². The molecule has 2 aromatic carbocycles. The number of carbonyl (C=O) groups is 1. The molecule has 2 aliphatic heterocycles. The first-order valence-electron chi connectivity index (χ1n) is 13.2. The number of nitrogens with zero attached hydrogens (tertiary/aromatic N) is 6. The molecule has 1 saturated heterocycles. The van der Waals surface area contributed by atoms with Crippen molar-refractivity contribution in [3.8, 4) is 0 Å². The van der Waals surface area contributed by atoms with Gasteiger partial charge in [-0.2, -0.15) is 5.10 Å². The zero-order chi connectivity index (χ0) is 26.3. The summed E-state index contributed by atoms with van der Waals surface area (Å²) >= 11 is 0. The molecule has 2 aliphatic rings. The van der Waals surface area contributed by atoms with Crippen LogP contribution in [-0.2, 0) is 26.6 Å². The second kappa shape index (κ2) is 9.72. The Morgan fingerprint density at radius 3 is 2.66 bits per heavy atom. The SMILES string of the molecule is Cn1ncc2c(=O)n(CC3(O)CCN(C(=O)c4ccc5c(c4)CCCN5Cc4ccccc4)CC3)cnc21. The zero-order valence-electron chi connectivity index (χ0n) is 21.6. The fourth-order valence-corrected chi connectivity index (χ4v) is 5.74. The van der Waals surface area contributed by atoms with Gasteiger partial charge < -0.3 is 14.9 Å². The van der Waals surface area contributed by atoms with E-state index in [0.717, 1.165) is 25.9 Å². The summed E-state index contributed by atoms with van der Waals surface area (Å²) in [5, 5.41) is 15.8. The molecule has 1 fully saturated rings. The third kappa shape index (κ3) is 4.58. The Kier molecular flexibility index (Phi) is 6.23. The number of rotatable bonds is 5. The molecule has 0 bridgehead atoms. The first-order chi connectivity index (χ1) is 18.4. The largest absolute Gasteiger partial charge is 0.388 e. The van der Waals surface area contributed by atoms with Crippen LogP contribution in [0.1, 0.15) is 40.7 Å². The molecule has 4 aromatic rings. The zero-order valence-corrected chi connectivity index (χ0v) is 21.6. The third-order valence-corrected chi connectivity index (χ3v) is 7.92. The van der Waals surface area contributed by atoms with Crippen LogP contribution in [0, 0.1) is 0 Å². The lowest BCUT2D eigenvalue weighted by atomic mass is 9.90. The summed E-state index contributed by atoms with van der Waals surface area (Å²) in [5.74, 6) is -0.00866. The van der Waals surface area contributed by atoms with Crippen molar-refractivity contribution in [2.45, 2.75) is 44.4 Å². The smallest absolute Gasteiger partial charge is 0.264 e. The van der Waals surface area contributed by atoms with Crippen LogP contribution in [0.5, 0.6) is 0 Å². The Morgan fingerprint density at radius 2 is 1.87 bits per heavy atom. The second-order valence-electron chi connectivity index (χ2n) is 10.6. The number of likely N-dealkylation sites (tertiary alicyclic amines) is 1. The Morgan fingerprint density at radius 1 is 1.08 bits per heavy atom. The van der Waals surface area contributed by atoms with Gasteiger partial charge in [0.25, 0.3) is 11.5 Å². The minimum absolute atomic E-state index is 0.00866.